The van der Waals surface area contributed by atoms with Gasteiger partial charge in [-0.25, -0.2) is 13.2 Å². The lowest BCUT2D eigenvalue weighted by Crippen LogP contribution is -2.51. The zero-order valence-electron chi connectivity index (χ0n) is 22.5. The number of hydrogen-bond acceptors (Lipinski definition) is 6. The van der Waals surface area contributed by atoms with Crippen molar-refractivity contribution in [3.05, 3.63) is 46.9 Å². The van der Waals surface area contributed by atoms with Crippen molar-refractivity contribution in [2.75, 3.05) is 37.7 Å². The first-order chi connectivity index (χ1) is 19.9. The van der Waals surface area contributed by atoms with Crippen LogP contribution in [0.15, 0.2) is 24.4 Å². The van der Waals surface area contributed by atoms with Gasteiger partial charge in [-0.15, -0.1) is 0 Å². The second-order valence-corrected chi connectivity index (χ2v) is 12.4. The van der Waals surface area contributed by atoms with E-state index in [0.29, 0.717) is 35.4 Å². The minimum absolute atomic E-state index is 0.0258. The molecule has 214 valence electrons. The lowest BCUT2D eigenvalue weighted by atomic mass is 9.95. The highest BCUT2D eigenvalue weighted by atomic mass is 35.5. The normalized spacial score (nSPS) is 23.7. The summed E-state index contributed by atoms with van der Waals surface area (Å²) < 4.78 is 52.0. The first-order valence-corrected chi connectivity index (χ1v) is 14.8. The molecule has 4 saturated heterocycles. The number of benzene rings is 2. The molecule has 41 heavy (non-hydrogen) atoms. The molecule has 0 amide bonds. The molecular formula is C30H30ClF3N6O. The minimum atomic E-state index is -1.06. The van der Waals surface area contributed by atoms with Crippen molar-refractivity contribution < 1.29 is 17.9 Å². The van der Waals surface area contributed by atoms with E-state index in [1.165, 1.54) is 12.3 Å². The van der Waals surface area contributed by atoms with Crippen LogP contribution >= 0.6 is 11.6 Å². The van der Waals surface area contributed by atoms with E-state index in [2.05, 4.69) is 25.1 Å². The van der Waals surface area contributed by atoms with Gasteiger partial charge in [0.05, 0.1) is 10.6 Å². The summed E-state index contributed by atoms with van der Waals surface area (Å²) in [5.41, 5.74) is 0.462. The molecule has 8 rings (SSSR count). The number of H-pyrrole nitrogens is 1. The Morgan fingerprint density at radius 3 is 2.54 bits per heavy atom. The molecule has 4 aliphatic rings. The molecule has 4 fully saturated rings. The third-order valence-electron chi connectivity index (χ3n) is 9.64. The summed E-state index contributed by atoms with van der Waals surface area (Å²) >= 11 is 6.73. The predicted octanol–water partition coefficient (Wildman–Crippen LogP) is 5.80. The number of piperazine rings is 1. The smallest absolute Gasteiger partial charge is 0.319 e. The highest BCUT2D eigenvalue weighted by Crippen LogP contribution is 2.43. The number of ether oxygens (including phenoxy) is 1. The van der Waals surface area contributed by atoms with Gasteiger partial charge in [-0.1, -0.05) is 11.6 Å². The van der Waals surface area contributed by atoms with Crippen LogP contribution in [-0.4, -0.2) is 70.3 Å². The second-order valence-electron chi connectivity index (χ2n) is 12.0. The molecule has 0 radical (unpaired) electrons. The molecule has 2 aromatic carbocycles. The van der Waals surface area contributed by atoms with Crippen molar-refractivity contribution in [1.29, 1.82) is 0 Å². The number of nitrogens with zero attached hydrogens (tertiary/aromatic N) is 4. The molecular weight excluding hydrogens is 553 g/mol. The fraction of sp³-hybridized carbons (Fsp3) is 0.467. The van der Waals surface area contributed by atoms with E-state index in [1.807, 2.05) is 0 Å². The van der Waals surface area contributed by atoms with Crippen LogP contribution in [0.2, 0.25) is 5.02 Å². The maximum absolute atomic E-state index is 16.6. The van der Waals surface area contributed by atoms with E-state index >= 15 is 4.39 Å². The van der Waals surface area contributed by atoms with Crippen LogP contribution in [0.25, 0.3) is 32.9 Å². The number of hydrogen-bond donors (Lipinski definition) is 2. The minimum Gasteiger partial charge on any atom is -0.461 e. The monoisotopic (exact) mass is 582 g/mol. The van der Waals surface area contributed by atoms with E-state index < -0.39 is 17.5 Å². The Hall–Kier alpha value is -3.08. The molecule has 2 atom stereocenters. The van der Waals surface area contributed by atoms with Crippen LogP contribution in [0, 0.1) is 17.5 Å². The molecule has 2 N–H and O–H groups in total. The molecule has 4 aliphatic heterocycles. The lowest BCUT2D eigenvalue weighted by Gasteiger charge is -2.35. The quantitative estimate of drug-likeness (QED) is 0.310. The molecule has 7 nitrogen and oxygen atoms in total. The molecule has 0 saturated carbocycles. The summed E-state index contributed by atoms with van der Waals surface area (Å²) in [6.07, 6.45) is 7.99. The third-order valence-corrected chi connectivity index (χ3v) is 9.94. The number of halogens is 4. The van der Waals surface area contributed by atoms with E-state index in [4.69, 9.17) is 21.3 Å². The first-order valence-electron chi connectivity index (χ1n) is 14.4. The molecule has 2 bridgehead atoms. The van der Waals surface area contributed by atoms with E-state index in [0.717, 1.165) is 70.8 Å². The number of rotatable bonds is 5. The van der Waals surface area contributed by atoms with Gasteiger partial charge in [-0.3, -0.25) is 4.90 Å². The van der Waals surface area contributed by atoms with Crippen molar-refractivity contribution in [3.8, 4) is 17.1 Å². The Bertz CT molecular complexity index is 1670. The summed E-state index contributed by atoms with van der Waals surface area (Å²) in [5, 5.41) is 4.11. The van der Waals surface area contributed by atoms with Gasteiger partial charge in [-0.05, 0) is 69.8 Å². The van der Waals surface area contributed by atoms with Crippen molar-refractivity contribution in [2.45, 2.75) is 56.1 Å². The average Bonchev–Trinajstić information content (AvgIpc) is 3.73. The van der Waals surface area contributed by atoms with Crippen LogP contribution < -0.4 is 15.0 Å². The highest BCUT2D eigenvalue weighted by Gasteiger charge is 2.45. The number of fused-ring (bicyclic) bond motifs is 5. The van der Waals surface area contributed by atoms with Gasteiger partial charge in [0, 0.05) is 58.8 Å². The first kappa shape index (κ1) is 25.6. The zero-order valence-corrected chi connectivity index (χ0v) is 23.2. The largest absolute Gasteiger partial charge is 0.461 e. The molecule has 0 unspecified atom stereocenters. The fourth-order valence-corrected chi connectivity index (χ4v) is 7.99. The number of aromatic amines is 1. The summed E-state index contributed by atoms with van der Waals surface area (Å²) in [7, 11) is 0. The van der Waals surface area contributed by atoms with E-state index in [1.54, 1.807) is 6.07 Å². The van der Waals surface area contributed by atoms with Gasteiger partial charge in [0.25, 0.3) is 0 Å². The van der Waals surface area contributed by atoms with Gasteiger partial charge in [0.15, 0.2) is 17.5 Å². The lowest BCUT2D eigenvalue weighted by molar-refractivity contribution is 0.108. The zero-order chi connectivity index (χ0) is 27.9. The van der Waals surface area contributed by atoms with Crippen LogP contribution in [0.1, 0.15) is 38.5 Å². The maximum atomic E-state index is 16.6. The van der Waals surface area contributed by atoms with E-state index in [9.17, 15) is 8.78 Å². The predicted molar refractivity (Wildman–Crippen MR) is 152 cm³/mol. The summed E-state index contributed by atoms with van der Waals surface area (Å²) in [6, 6.07) is 4.88. The molecule has 6 heterocycles. The Morgan fingerprint density at radius 2 is 1.78 bits per heavy atom. The molecule has 0 aliphatic carbocycles. The van der Waals surface area contributed by atoms with Gasteiger partial charge in [0.2, 0.25) is 0 Å². The third kappa shape index (κ3) is 4.01. The van der Waals surface area contributed by atoms with Gasteiger partial charge >= 0.3 is 6.01 Å². The summed E-state index contributed by atoms with van der Waals surface area (Å²) in [4.78, 5) is 17.0. The molecule has 4 aromatic rings. The average molecular weight is 583 g/mol. The Kier molecular flexibility index (Phi) is 5.92. The van der Waals surface area contributed by atoms with Crippen molar-refractivity contribution in [2.24, 2.45) is 0 Å². The van der Waals surface area contributed by atoms with Crippen molar-refractivity contribution in [3.63, 3.8) is 0 Å². The summed E-state index contributed by atoms with van der Waals surface area (Å²) in [5.74, 6) is -2.21. The number of nitrogens with one attached hydrogen (secondary N) is 2. The van der Waals surface area contributed by atoms with Crippen molar-refractivity contribution in [1.82, 2.24) is 25.2 Å². The number of aromatic nitrogens is 3. The van der Waals surface area contributed by atoms with Crippen LogP contribution in [0.5, 0.6) is 6.01 Å². The topological polar surface area (TPSA) is 69.3 Å². The SMILES string of the molecule is Fc1ccc2[nH]cc(-c3c(Cl)cc4c(N5C[C@H]6CC[C@@H](C5)N6)nc(OCC56CCCN5CCC6)nc4c3F)c2c1F. The van der Waals surface area contributed by atoms with Gasteiger partial charge in [-0.2, -0.15) is 9.97 Å². The summed E-state index contributed by atoms with van der Waals surface area (Å²) in [6.45, 7) is 4.03. The Morgan fingerprint density at radius 1 is 1.02 bits per heavy atom. The molecule has 11 heteroatoms. The van der Waals surface area contributed by atoms with Crippen molar-refractivity contribution >= 4 is 39.2 Å². The highest BCUT2D eigenvalue weighted by molar-refractivity contribution is 6.35. The van der Waals surface area contributed by atoms with Crippen LogP contribution in [0.3, 0.4) is 0 Å². The maximum Gasteiger partial charge on any atom is 0.319 e. The van der Waals surface area contributed by atoms with Gasteiger partial charge in [0.1, 0.15) is 17.9 Å². The second kappa shape index (κ2) is 9.47. The molecule has 0 spiro atoms. The van der Waals surface area contributed by atoms with Crippen LogP contribution in [-0.2, 0) is 0 Å². The van der Waals surface area contributed by atoms with Crippen LogP contribution in [0.4, 0.5) is 19.0 Å². The van der Waals surface area contributed by atoms with Gasteiger partial charge < -0.3 is 19.9 Å². The number of anilines is 1. The van der Waals surface area contributed by atoms with E-state index in [-0.39, 0.29) is 38.6 Å². The Labute approximate surface area is 240 Å². The fourth-order valence-electron chi connectivity index (χ4n) is 7.70. The standard InChI is InChI=1S/C30H30ClF3N6O/c31-20-11-18-27(26(34)23(20)19-12-35-22-6-5-21(32)25(33)24(19)22)37-29(41-15-30-7-1-9-40(30)10-2-8-30)38-28(18)39-13-16-3-4-17(14-39)36-16/h5-6,11-12,16-17,35-36H,1-4,7-10,13-15H2/t16-,17+. The Balaban J connectivity index is 1.27. The molecule has 2 aromatic heterocycles.